The number of carbonyl (C=O) groups excluding carboxylic acids is 1. The van der Waals surface area contributed by atoms with E-state index in [-0.39, 0.29) is 25.3 Å². The number of fused-ring (bicyclic) bond motifs is 1. The summed E-state index contributed by atoms with van der Waals surface area (Å²) < 4.78 is 45.9. The number of nitrogens with one attached hydrogen (secondary N) is 1. The first-order valence-electron chi connectivity index (χ1n) is 8.04. The van der Waals surface area contributed by atoms with Gasteiger partial charge in [0.1, 0.15) is 23.2 Å². The minimum absolute atomic E-state index is 0.0156. The van der Waals surface area contributed by atoms with Crippen LogP contribution in [0.15, 0.2) is 46.7 Å². The lowest BCUT2D eigenvalue weighted by Gasteiger charge is -2.26. The van der Waals surface area contributed by atoms with E-state index in [0.29, 0.717) is 17.4 Å². The van der Waals surface area contributed by atoms with Crippen molar-refractivity contribution in [3.63, 3.8) is 0 Å². The third-order valence-electron chi connectivity index (χ3n) is 4.07. The maximum Gasteiger partial charge on any atom is 0.274 e. The fourth-order valence-electron chi connectivity index (χ4n) is 2.74. The Labute approximate surface area is 152 Å². The highest BCUT2D eigenvalue weighted by Gasteiger charge is 2.28. The first-order valence-corrected chi connectivity index (χ1v) is 8.04. The maximum absolute atomic E-state index is 13.7. The number of halogens is 3. The smallest absolute Gasteiger partial charge is 0.274 e. The minimum Gasteiger partial charge on any atom is -0.492 e. The van der Waals surface area contributed by atoms with E-state index in [1.165, 1.54) is 18.2 Å². The number of ether oxygens (including phenoxy) is 1. The summed E-state index contributed by atoms with van der Waals surface area (Å²) in [5.41, 5.74) is 2.41. The number of benzene rings is 2. The van der Waals surface area contributed by atoms with E-state index in [0.717, 1.165) is 12.1 Å². The van der Waals surface area contributed by atoms with Gasteiger partial charge in [-0.3, -0.25) is 4.79 Å². The van der Waals surface area contributed by atoms with Crippen LogP contribution in [0.1, 0.15) is 22.3 Å². The second-order valence-corrected chi connectivity index (χ2v) is 5.85. The zero-order chi connectivity index (χ0) is 19.4. The molecule has 1 heterocycles. The van der Waals surface area contributed by atoms with Crippen LogP contribution in [-0.4, -0.2) is 24.8 Å². The van der Waals surface area contributed by atoms with Gasteiger partial charge in [-0.25, -0.2) is 18.6 Å². The first-order chi connectivity index (χ1) is 13.0. The van der Waals surface area contributed by atoms with Crippen LogP contribution >= 0.6 is 0 Å². The zero-order valence-corrected chi connectivity index (χ0v) is 13.9. The predicted octanol–water partition coefficient (Wildman–Crippen LogP) is 3.40. The summed E-state index contributed by atoms with van der Waals surface area (Å²) in [6.45, 7) is 0.145. The lowest BCUT2D eigenvalue weighted by atomic mass is 9.91. The third kappa shape index (κ3) is 4.13. The normalized spacial score (nSPS) is 17.1. The monoisotopic (exact) mass is 377 g/mol. The third-order valence-corrected chi connectivity index (χ3v) is 4.07. The molecule has 0 aromatic heterocycles. The van der Waals surface area contributed by atoms with Crippen LogP contribution in [0.5, 0.6) is 5.75 Å². The van der Waals surface area contributed by atoms with E-state index in [1.54, 1.807) is 0 Å². The van der Waals surface area contributed by atoms with Gasteiger partial charge in [0.25, 0.3) is 5.91 Å². The van der Waals surface area contributed by atoms with Gasteiger partial charge >= 0.3 is 0 Å². The molecule has 3 rings (SSSR count). The number of amides is 1. The Kier molecular flexibility index (Phi) is 5.49. The van der Waals surface area contributed by atoms with Crippen molar-refractivity contribution in [2.45, 2.75) is 6.42 Å². The molecule has 1 unspecified atom stereocenters. The quantitative estimate of drug-likeness (QED) is 0.641. The Morgan fingerprint density at radius 1 is 1.15 bits per heavy atom. The lowest BCUT2D eigenvalue weighted by molar-refractivity contribution is 0.0950. The van der Waals surface area contributed by atoms with Gasteiger partial charge in [-0.15, -0.1) is 0 Å². The Morgan fingerprint density at radius 2 is 1.89 bits per heavy atom. The summed E-state index contributed by atoms with van der Waals surface area (Å²) in [4.78, 5) is 22.6. The zero-order valence-electron chi connectivity index (χ0n) is 13.9. The van der Waals surface area contributed by atoms with Gasteiger partial charge < -0.3 is 4.74 Å². The molecule has 2 aromatic rings. The van der Waals surface area contributed by atoms with Crippen molar-refractivity contribution < 1.29 is 22.7 Å². The summed E-state index contributed by atoms with van der Waals surface area (Å²) in [6.07, 6.45) is 0.277. The van der Waals surface area contributed by atoms with Crippen LogP contribution in [0.25, 0.3) is 0 Å². The lowest BCUT2D eigenvalue weighted by Crippen LogP contribution is -2.32. The Bertz CT molecular complexity index is 918. The average molecular weight is 377 g/mol. The van der Waals surface area contributed by atoms with Crippen molar-refractivity contribution in [2.75, 3.05) is 13.2 Å². The SMILES string of the molecule is O=NCCC1COc2ccc(F)cc2/C1=N\NC(=O)c1ccc(F)cc1F. The van der Waals surface area contributed by atoms with Crippen LogP contribution in [0.2, 0.25) is 0 Å². The average Bonchev–Trinajstić information content (AvgIpc) is 2.64. The molecule has 0 bridgehead atoms. The molecule has 1 N–H and O–H groups in total. The molecule has 0 saturated carbocycles. The van der Waals surface area contributed by atoms with Gasteiger partial charge in [0.15, 0.2) is 0 Å². The molecule has 1 atom stereocenters. The summed E-state index contributed by atoms with van der Waals surface area (Å²) in [6, 6.07) is 6.36. The molecular formula is C18H14F3N3O3. The fraction of sp³-hybridized carbons (Fsp3) is 0.222. The molecule has 1 aliphatic heterocycles. The van der Waals surface area contributed by atoms with Crippen molar-refractivity contribution in [2.24, 2.45) is 16.2 Å². The van der Waals surface area contributed by atoms with Gasteiger partial charge in [-0.05, 0) is 36.8 Å². The van der Waals surface area contributed by atoms with Crippen LogP contribution < -0.4 is 10.2 Å². The topological polar surface area (TPSA) is 80.1 Å². The van der Waals surface area contributed by atoms with E-state index in [9.17, 15) is 22.9 Å². The maximum atomic E-state index is 13.7. The van der Waals surface area contributed by atoms with Gasteiger partial charge in [0.2, 0.25) is 0 Å². The molecule has 140 valence electrons. The van der Waals surface area contributed by atoms with E-state index < -0.39 is 34.8 Å². The molecule has 0 aliphatic carbocycles. The predicted molar refractivity (Wildman–Crippen MR) is 91.0 cm³/mol. The Hall–Kier alpha value is -3.23. The number of hydrogen-bond donors (Lipinski definition) is 1. The number of rotatable bonds is 5. The molecule has 0 radical (unpaired) electrons. The van der Waals surface area contributed by atoms with E-state index in [1.807, 2.05) is 0 Å². The summed E-state index contributed by atoms with van der Waals surface area (Å²) in [7, 11) is 0. The molecule has 1 amide bonds. The minimum atomic E-state index is -1.03. The molecule has 1 aliphatic rings. The number of hydrazone groups is 1. The highest BCUT2D eigenvalue weighted by molar-refractivity contribution is 6.06. The molecule has 9 heteroatoms. The second kappa shape index (κ2) is 7.98. The highest BCUT2D eigenvalue weighted by Crippen LogP contribution is 2.30. The van der Waals surface area contributed by atoms with Crippen molar-refractivity contribution in [1.29, 1.82) is 0 Å². The number of hydrogen-bond acceptors (Lipinski definition) is 5. The second-order valence-electron chi connectivity index (χ2n) is 5.85. The standard InChI is InChI=1S/C18H14F3N3O3/c19-11-2-4-16-14(7-11)17(10(9-27-16)5-6-22-26)23-24-18(25)13-3-1-12(20)8-15(13)21/h1-4,7-8,10H,5-6,9H2,(H,24,25)/b23-17-. The molecule has 0 spiro atoms. The number of carbonyl (C=O) groups is 1. The summed E-state index contributed by atoms with van der Waals surface area (Å²) in [5.74, 6) is -3.33. The molecular weight excluding hydrogens is 363 g/mol. The van der Waals surface area contributed by atoms with E-state index in [2.05, 4.69) is 15.7 Å². The molecule has 0 fully saturated rings. The first kappa shape index (κ1) is 18.6. The number of nitrogens with zero attached hydrogens (tertiary/aromatic N) is 2. The van der Waals surface area contributed by atoms with E-state index in [4.69, 9.17) is 4.74 Å². The Morgan fingerprint density at radius 3 is 2.63 bits per heavy atom. The van der Waals surface area contributed by atoms with Crippen molar-refractivity contribution in [1.82, 2.24) is 5.43 Å². The van der Waals surface area contributed by atoms with E-state index >= 15 is 0 Å². The largest absolute Gasteiger partial charge is 0.492 e. The van der Waals surface area contributed by atoms with Crippen molar-refractivity contribution in [3.05, 3.63) is 69.9 Å². The van der Waals surface area contributed by atoms with Crippen LogP contribution in [0.4, 0.5) is 13.2 Å². The van der Waals surface area contributed by atoms with Gasteiger partial charge in [-0.2, -0.15) is 10.0 Å². The van der Waals surface area contributed by atoms with Crippen molar-refractivity contribution >= 4 is 11.6 Å². The van der Waals surface area contributed by atoms with Crippen molar-refractivity contribution in [3.8, 4) is 5.75 Å². The summed E-state index contributed by atoms with van der Waals surface area (Å²) >= 11 is 0. The van der Waals surface area contributed by atoms with Crippen LogP contribution in [-0.2, 0) is 0 Å². The Balaban J connectivity index is 1.91. The molecule has 6 nitrogen and oxygen atoms in total. The fourth-order valence-corrected chi connectivity index (χ4v) is 2.74. The van der Waals surface area contributed by atoms with Crippen LogP contribution in [0, 0.1) is 28.3 Å². The molecule has 2 aromatic carbocycles. The number of nitroso groups, excluding NO2 is 1. The van der Waals surface area contributed by atoms with Gasteiger partial charge in [0.05, 0.1) is 24.4 Å². The highest BCUT2D eigenvalue weighted by atomic mass is 19.1. The van der Waals surface area contributed by atoms with Gasteiger partial charge in [-0.1, -0.05) is 5.18 Å². The van der Waals surface area contributed by atoms with Crippen LogP contribution in [0.3, 0.4) is 0 Å². The molecule has 0 saturated heterocycles. The van der Waals surface area contributed by atoms with Gasteiger partial charge in [0, 0.05) is 17.5 Å². The molecule has 27 heavy (non-hydrogen) atoms. The summed E-state index contributed by atoms with van der Waals surface area (Å²) in [5, 5.41) is 6.80.